The average molecular weight is 143 g/mol. The van der Waals surface area contributed by atoms with E-state index in [1.807, 2.05) is 6.92 Å². The molecule has 0 spiro atoms. The van der Waals surface area contributed by atoms with Gasteiger partial charge in [0.1, 0.15) is 0 Å². The highest BCUT2D eigenvalue weighted by Crippen LogP contribution is 2.19. The summed E-state index contributed by atoms with van der Waals surface area (Å²) < 4.78 is 0. The highest BCUT2D eigenvalue weighted by Gasteiger charge is 2.05. The number of aliphatic hydroxyl groups is 1. The largest absolute Gasteiger partial charge is 0.388 e. The Kier molecular flexibility index (Phi) is 1.83. The van der Waals surface area contributed by atoms with Gasteiger partial charge in [0.2, 0.25) is 0 Å². The third-order valence-corrected chi connectivity index (χ3v) is 2.26. The summed E-state index contributed by atoms with van der Waals surface area (Å²) in [6, 6.07) is 0. The van der Waals surface area contributed by atoms with Crippen molar-refractivity contribution < 1.29 is 5.11 Å². The van der Waals surface area contributed by atoms with Gasteiger partial charge in [-0.1, -0.05) is 0 Å². The molecule has 1 rings (SSSR count). The molecule has 0 aromatic carbocycles. The number of thiazole rings is 1. The zero-order chi connectivity index (χ0) is 6.85. The number of aliphatic hydroxyl groups excluding tert-OH is 1. The lowest BCUT2D eigenvalue weighted by Gasteiger charge is -1.98. The molecule has 3 heteroatoms. The molecule has 9 heavy (non-hydrogen) atoms. The second-order valence-corrected chi connectivity index (χ2v) is 2.86. The predicted octanol–water partition coefficient (Wildman–Crippen LogP) is 1.50. The lowest BCUT2D eigenvalue weighted by molar-refractivity contribution is 0.202. The summed E-state index contributed by atoms with van der Waals surface area (Å²) in [6.07, 6.45) is -0.363. The number of rotatable bonds is 1. The lowest BCUT2D eigenvalue weighted by atomic mass is 10.3. The predicted molar refractivity (Wildman–Crippen MR) is 37.5 cm³/mol. The first-order chi connectivity index (χ1) is 4.22. The van der Waals surface area contributed by atoms with E-state index >= 15 is 0 Å². The minimum Gasteiger partial charge on any atom is -0.388 e. The number of hydrogen-bond acceptors (Lipinski definition) is 3. The van der Waals surface area contributed by atoms with Gasteiger partial charge in [0.15, 0.2) is 0 Å². The molecule has 0 unspecified atom stereocenters. The van der Waals surface area contributed by atoms with Crippen LogP contribution in [0.3, 0.4) is 0 Å². The Morgan fingerprint density at radius 2 is 2.44 bits per heavy atom. The van der Waals surface area contributed by atoms with E-state index in [9.17, 15) is 0 Å². The maximum absolute atomic E-state index is 9.06. The van der Waals surface area contributed by atoms with Crippen LogP contribution in [0.5, 0.6) is 0 Å². The molecule has 0 fully saturated rings. The number of nitrogens with zero attached hydrogens (tertiary/aromatic N) is 1. The molecular weight excluding hydrogens is 134 g/mol. The Labute approximate surface area is 58.2 Å². The van der Waals surface area contributed by atoms with Crippen molar-refractivity contribution in [3.05, 3.63) is 16.1 Å². The van der Waals surface area contributed by atoms with Gasteiger partial charge < -0.3 is 5.11 Å². The van der Waals surface area contributed by atoms with Crippen molar-refractivity contribution >= 4 is 11.3 Å². The molecule has 1 atom stereocenters. The fraction of sp³-hybridized carbons (Fsp3) is 0.500. The molecule has 0 amide bonds. The summed E-state index contributed by atoms with van der Waals surface area (Å²) in [5, 5.41) is 9.06. The first-order valence-corrected chi connectivity index (χ1v) is 3.68. The topological polar surface area (TPSA) is 33.1 Å². The molecule has 0 radical (unpaired) electrons. The first kappa shape index (κ1) is 6.71. The van der Waals surface area contributed by atoms with E-state index in [1.165, 1.54) is 11.3 Å². The number of aromatic nitrogens is 1. The third-order valence-electron chi connectivity index (χ3n) is 1.16. The van der Waals surface area contributed by atoms with E-state index in [-0.39, 0.29) is 6.10 Å². The fourth-order valence-electron chi connectivity index (χ4n) is 0.712. The quantitative estimate of drug-likeness (QED) is 0.646. The highest BCUT2D eigenvalue weighted by atomic mass is 32.1. The molecule has 0 bridgehead atoms. The Balaban J connectivity index is 2.94. The molecule has 1 N–H and O–H groups in total. The minimum absolute atomic E-state index is 0.363. The van der Waals surface area contributed by atoms with Gasteiger partial charge in [-0.3, -0.25) is 0 Å². The van der Waals surface area contributed by atoms with Crippen LogP contribution in [0.2, 0.25) is 0 Å². The Morgan fingerprint density at radius 1 is 1.78 bits per heavy atom. The van der Waals surface area contributed by atoms with Gasteiger partial charge in [0, 0.05) is 0 Å². The summed E-state index contributed by atoms with van der Waals surface area (Å²) in [6.45, 7) is 3.65. The molecule has 0 aliphatic rings. The first-order valence-electron chi connectivity index (χ1n) is 2.80. The minimum atomic E-state index is -0.363. The van der Waals surface area contributed by atoms with Crippen molar-refractivity contribution in [3.63, 3.8) is 0 Å². The van der Waals surface area contributed by atoms with Crippen molar-refractivity contribution in [2.24, 2.45) is 0 Å². The van der Waals surface area contributed by atoms with Crippen LogP contribution in [-0.2, 0) is 0 Å². The third kappa shape index (κ3) is 1.28. The molecule has 1 aromatic rings. The van der Waals surface area contributed by atoms with Crippen molar-refractivity contribution in [1.82, 2.24) is 4.98 Å². The van der Waals surface area contributed by atoms with Crippen molar-refractivity contribution in [3.8, 4) is 0 Å². The molecule has 0 saturated carbocycles. The van der Waals surface area contributed by atoms with Crippen LogP contribution in [-0.4, -0.2) is 10.1 Å². The van der Waals surface area contributed by atoms with Gasteiger partial charge in [0.05, 0.1) is 22.2 Å². The van der Waals surface area contributed by atoms with Crippen LogP contribution in [0.25, 0.3) is 0 Å². The van der Waals surface area contributed by atoms with Crippen molar-refractivity contribution in [2.75, 3.05) is 0 Å². The monoisotopic (exact) mass is 143 g/mol. The Hall–Kier alpha value is -0.410. The van der Waals surface area contributed by atoms with Gasteiger partial charge in [-0.15, -0.1) is 11.3 Å². The molecule has 0 aliphatic heterocycles. The van der Waals surface area contributed by atoms with Crippen LogP contribution < -0.4 is 0 Å². The second-order valence-electron chi connectivity index (χ2n) is 1.98. The van der Waals surface area contributed by atoms with Crippen molar-refractivity contribution in [2.45, 2.75) is 20.0 Å². The van der Waals surface area contributed by atoms with E-state index in [0.29, 0.717) is 0 Å². The zero-order valence-electron chi connectivity index (χ0n) is 5.46. The fourth-order valence-corrected chi connectivity index (χ4v) is 1.46. The maximum Gasteiger partial charge on any atom is 0.0872 e. The van der Waals surface area contributed by atoms with Gasteiger partial charge >= 0.3 is 0 Å². The normalized spacial score (nSPS) is 13.7. The summed E-state index contributed by atoms with van der Waals surface area (Å²) in [7, 11) is 0. The zero-order valence-corrected chi connectivity index (χ0v) is 6.27. The molecular formula is C6H9NOS. The van der Waals surface area contributed by atoms with Gasteiger partial charge in [-0.05, 0) is 13.8 Å². The van der Waals surface area contributed by atoms with Crippen LogP contribution in [0.4, 0.5) is 0 Å². The van der Waals surface area contributed by atoms with E-state index in [0.717, 1.165) is 10.6 Å². The SMILES string of the molecule is Cc1ncsc1[C@@H](C)O. The van der Waals surface area contributed by atoms with E-state index in [2.05, 4.69) is 4.98 Å². The smallest absolute Gasteiger partial charge is 0.0872 e. The van der Waals surface area contributed by atoms with Gasteiger partial charge in [0.25, 0.3) is 0 Å². The molecule has 50 valence electrons. The van der Waals surface area contributed by atoms with Gasteiger partial charge in [-0.2, -0.15) is 0 Å². The summed E-state index contributed by atoms with van der Waals surface area (Å²) in [5.74, 6) is 0. The Morgan fingerprint density at radius 3 is 2.67 bits per heavy atom. The standard InChI is InChI=1S/C6H9NOS/c1-4-6(5(2)8)9-3-7-4/h3,5,8H,1-2H3/t5-/m1/s1. The molecule has 2 nitrogen and oxygen atoms in total. The van der Waals surface area contributed by atoms with E-state index in [1.54, 1.807) is 12.4 Å². The van der Waals surface area contributed by atoms with Crippen molar-refractivity contribution in [1.29, 1.82) is 0 Å². The molecule has 1 aromatic heterocycles. The summed E-state index contributed by atoms with van der Waals surface area (Å²) in [5.41, 5.74) is 2.69. The number of aryl methyl sites for hydroxylation is 1. The van der Waals surface area contributed by atoms with E-state index in [4.69, 9.17) is 5.11 Å². The van der Waals surface area contributed by atoms with Crippen LogP contribution in [0.15, 0.2) is 5.51 Å². The van der Waals surface area contributed by atoms with Crippen LogP contribution in [0.1, 0.15) is 23.6 Å². The summed E-state index contributed by atoms with van der Waals surface area (Å²) >= 11 is 1.50. The average Bonchev–Trinajstić information content (AvgIpc) is 2.13. The second kappa shape index (κ2) is 2.45. The summed E-state index contributed by atoms with van der Waals surface area (Å²) in [4.78, 5) is 4.96. The number of hydrogen-bond donors (Lipinski definition) is 1. The highest BCUT2D eigenvalue weighted by molar-refractivity contribution is 7.09. The van der Waals surface area contributed by atoms with Crippen LogP contribution in [0, 0.1) is 6.92 Å². The molecule has 1 heterocycles. The van der Waals surface area contributed by atoms with E-state index < -0.39 is 0 Å². The molecule has 0 saturated heterocycles. The maximum atomic E-state index is 9.06. The van der Waals surface area contributed by atoms with Gasteiger partial charge in [-0.25, -0.2) is 4.98 Å². The Bertz CT molecular complexity index is 195. The van der Waals surface area contributed by atoms with Crippen LogP contribution >= 0.6 is 11.3 Å². The lowest BCUT2D eigenvalue weighted by Crippen LogP contribution is -1.88. The molecule has 0 aliphatic carbocycles.